The summed E-state index contributed by atoms with van der Waals surface area (Å²) in [5, 5.41) is 14.8. The van der Waals surface area contributed by atoms with Crippen LogP contribution < -0.4 is 10.6 Å². The molecular weight excluding hydrogens is 450 g/mol. The van der Waals surface area contributed by atoms with Crippen molar-refractivity contribution in [1.82, 2.24) is 24.6 Å². The summed E-state index contributed by atoms with van der Waals surface area (Å²) >= 11 is 1.64. The molecule has 4 heterocycles. The van der Waals surface area contributed by atoms with E-state index in [0.717, 1.165) is 47.4 Å². The maximum absolute atomic E-state index is 12.3. The molecule has 0 aromatic carbocycles. The summed E-state index contributed by atoms with van der Waals surface area (Å²) in [6.07, 6.45) is 7.55. The Hall–Kier alpha value is -2.88. The number of carbonyl (C=O) groups excluding carboxylic acids is 1. The Morgan fingerprint density at radius 2 is 1.97 bits per heavy atom. The largest absolute Gasteiger partial charge is 0.444 e. The van der Waals surface area contributed by atoms with Crippen molar-refractivity contribution in [2.75, 3.05) is 23.7 Å². The van der Waals surface area contributed by atoms with Gasteiger partial charge in [0.1, 0.15) is 16.2 Å². The molecule has 2 aliphatic rings. The highest BCUT2D eigenvalue weighted by molar-refractivity contribution is 7.17. The lowest BCUT2D eigenvalue weighted by Crippen LogP contribution is -2.42. The highest BCUT2D eigenvalue weighted by atomic mass is 32.1. The molecule has 1 saturated carbocycles. The number of hydrogen-bond acceptors (Lipinski definition) is 8. The van der Waals surface area contributed by atoms with Gasteiger partial charge in [-0.3, -0.25) is 4.68 Å². The van der Waals surface area contributed by atoms with E-state index in [2.05, 4.69) is 35.0 Å². The fraction of sp³-hybridized carbons (Fsp3) is 0.583. The zero-order chi connectivity index (χ0) is 24.1. The normalized spacial score (nSPS) is 18.2. The summed E-state index contributed by atoms with van der Waals surface area (Å²) < 4.78 is 7.48. The van der Waals surface area contributed by atoms with Gasteiger partial charge in [0.05, 0.1) is 23.3 Å². The van der Waals surface area contributed by atoms with Crippen LogP contribution in [0.3, 0.4) is 0 Å². The number of nitrogens with zero attached hydrogens (tertiary/aromatic N) is 5. The molecule has 0 atom stereocenters. The van der Waals surface area contributed by atoms with Crippen molar-refractivity contribution in [2.24, 2.45) is 0 Å². The number of rotatable bonds is 5. The quantitative estimate of drug-likeness (QED) is 0.496. The van der Waals surface area contributed by atoms with Gasteiger partial charge < -0.3 is 20.3 Å². The number of likely N-dealkylation sites (tertiary alicyclic amines) is 1. The van der Waals surface area contributed by atoms with Crippen LogP contribution >= 0.6 is 11.3 Å². The van der Waals surface area contributed by atoms with E-state index in [1.54, 1.807) is 16.2 Å². The lowest BCUT2D eigenvalue weighted by atomic mass is 10.1. The Labute approximate surface area is 203 Å². The molecule has 34 heavy (non-hydrogen) atoms. The fourth-order valence-electron chi connectivity index (χ4n) is 4.20. The molecule has 1 saturated heterocycles. The number of hydrogen-bond donors (Lipinski definition) is 2. The standard InChI is InChI=1S/C24H33N7O2S/c1-15-14-34-20-18(15)19(29-24(5)8-9-24)27-21(28-20)26-16-12-25-31(13-16)17-6-10-30(11-7-17)22(32)33-23(2,3)4/h12-14,17H,6-11H2,1-5H3,(H2,26,27,28,29). The van der Waals surface area contributed by atoms with Crippen LogP contribution in [0.5, 0.6) is 0 Å². The number of piperidine rings is 1. The van der Waals surface area contributed by atoms with Crippen LogP contribution in [-0.4, -0.2) is 55.0 Å². The lowest BCUT2D eigenvalue weighted by Gasteiger charge is -2.33. The van der Waals surface area contributed by atoms with Gasteiger partial charge in [-0.05, 0) is 71.2 Å². The average molecular weight is 484 g/mol. The number of amides is 1. The fourth-order valence-corrected chi connectivity index (χ4v) is 5.12. The topological polar surface area (TPSA) is 97.2 Å². The van der Waals surface area contributed by atoms with E-state index in [1.165, 1.54) is 5.56 Å². The van der Waals surface area contributed by atoms with Crippen molar-refractivity contribution in [3.63, 3.8) is 0 Å². The molecule has 0 radical (unpaired) electrons. The molecule has 1 aliphatic heterocycles. The first kappa shape index (κ1) is 22.9. The molecular formula is C24H33N7O2S. The van der Waals surface area contributed by atoms with E-state index in [-0.39, 0.29) is 17.7 Å². The first-order valence-corrected chi connectivity index (χ1v) is 12.8. The second-order valence-corrected chi connectivity index (χ2v) is 11.6. The Bertz CT molecular complexity index is 1200. The predicted molar refractivity (Wildman–Crippen MR) is 135 cm³/mol. The minimum atomic E-state index is -0.477. The van der Waals surface area contributed by atoms with Crippen molar-refractivity contribution in [2.45, 2.75) is 77.5 Å². The molecule has 0 spiro atoms. The zero-order valence-corrected chi connectivity index (χ0v) is 21.3. The molecule has 1 aliphatic carbocycles. The summed E-state index contributed by atoms with van der Waals surface area (Å²) in [6, 6.07) is 0.240. The summed E-state index contributed by atoms with van der Waals surface area (Å²) in [6.45, 7) is 11.3. The maximum Gasteiger partial charge on any atom is 0.410 e. The Balaban J connectivity index is 1.26. The molecule has 0 unspecified atom stereocenters. The van der Waals surface area contributed by atoms with E-state index in [4.69, 9.17) is 14.7 Å². The predicted octanol–water partition coefficient (Wildman–Crippen LogP) is 5.48. The Kier molecular flexibility index (Phi) is 5.66. The molecule has 2 N–H and O–H groups in total. The van der Waals surface area contributed by atoms with Crippen LogP contribution in [-0.2, 0) is 4.74 Å². The first-order chi connectivity index (χ1) is 16.1. The number of aryl methyl sites for hydroxylation is 1. The molecule has 5 rings (SSSR count). The summed E-state index contributed by atoms with van der Waals surface area (Å²) in [7, 11) is 0. The second-order valence-electron chi connectivity index (χ2n) is 10.7. The highest BCUT2D eigenvalue weighted by Gasteiger charge is 2.38. The molecule has 182 valence electrons. The van der Waals surface area contributed by atoms with Gasteiger partial charge in [0.25, 0.3) is 0 Å². The third-order valence-electron chi connectivity index (χ3n) is 6.39. The number of fused-ring (bicyclic) bond motifs is 1. The third kappa shape index (κ3) is 4.96. The van der Waals surface area contributed by atoms with Gasteiger partial charge in [-0.1, -0.05) is 0 Å². The number of thiophene rings is 1. The van der Waals surface area contributed by atoms with Gasteiger partial charge in [0.15, 0.2) is 0 Å². The van der Waals surface area contributed by atoms with Crippen molar-refractivity contribution in [3.05, 3.63) is 23.3 Å². The van der Waals surface area contributed by atoms with E-state index < -0.39 is 5.60 Å². The van der Waals surface area contributed by atoms with Gasteiger partial charge in [-0.25, -0.2) is 9.78 Å². The number of aromatic nitrogens is 4. The Morgan fingerprint density at radius 3 is 2.65 bits per heavy atom. The monoisotopic (exact) mass is 483 g/mol. The smallest absolute Gasteiger partial charge is 0.410 e. The van der Waals surface area contributed by atoms with Gasteiger partial charge >= 0.3 is 6.09 Å². The van der Waals surface area contributed by atoms with Crippen LogP contribution in [0.15, 0.2) is 17.8 Å². The zero-order valence-electron chi connectivity index (χ0n) is 20.5. The lowest BCUT2D eigenvalue weighted by molar-refractivity contribution is 0.0185. The van der Waals surface area contributed by atoms with Crippen LogP contribution in [0.1, 0.15) is 65.0 Å². The van der Waals surface area contributed by atoms with E-state index in [1.807, 2.05) is 37.8 Å². The number of anilines is 3. The first-order valence-electron chi connectivity index (χ1n) is 11.9. The molecule has 9 nitrogen and oxygen atoms in total. The number of carbonyl (C=O) groups is 1. The number of ether oxygens (including phenoxy) is 1. The average Bonchev–Trinajstić information content (AvgIpc) is 3.14. The van der Waals surface area contributed by atoms with Gasteiger partial charge in [0.2, 0.25) is 5.95 Å². The summed E-state index contributed by atoms with van der Waals surface area (Å²) in [5.74, 6) is 1.47. The minimum absolute atomic E-state index is 0.131. The molecule has 3 aromatic heterocycles. The van der Waals surface area contributed by atoms with Crippen LogP contribution in [0.25, 0.3) is 10.2 Å². The number of nitrogens with one attached hydrogen (secondary N) is 2. The highest BCUT2D eigenvalue weighted by Crippen LogP contribution is 2.41. The molecule has 10 heteroatoms. The van der Waals surface area contributed by atoms with Gasteiger partial charge in [0, 0.05) is 24.8 Å². The Morgan fingerprint density at radius 1 is 1.24 bits per heavy atom. The maximum atomic E-state index is 12.3. The second kappa shape index (κ2) is 8.41. The van der Waals surface area contributed by atoms with Gasteiger partial charge in [-0.2, -0.15) is 10.1 Å². The third-order valence-corrected chi connectivity index (χ3v) is 7.38. The minimum Gasteiger partial charge on any atom is -0.444 e. The van der Waals surface area contributed by atoms with Crippen molar-refractivity contribution in [1.29, 1.82) is 0 Å². The molecule has 0 bridgehead atoms. The van der Waals surface area contributed by atoms with E-state index in [9.17, 15) is 4.79 Å². The van der Waals surface area contributed by atoms with Crippen LogP contribution in [0.4, 0.5) is 22.2 Å². The van der Waals surface area contributed by atoms with Crippen LogP contribution in [0.2, 0.25) is 0 Å². The van der Waals surface area contributed by atoms with Crippen molar-refractivity contribution in [3.8, 4) is 0 Å². The van der Waals surface area contributed by atoms with Crippen molar-refractivity contribution >= 4 is 45.1 Å². The van der Waals surface area contributed by atoms with E-state index >= 15 is 0 Å². The molecule has 2 fully saturated rings. The molecule has 1 amide bonds. The summed E-state index contributed by atoms with van der Waals surface area (Å²) in [5.41, 5.74) is 1.70. The molecule has 3 aromatic rings. The van der Waals surface area contributed by atoms with Crippen molar-refractivity contribution < 1.29 is 9.53 Å². The summed E-state index contributed by atoms with van der Waals surface area (Å²) in [4.78, 5) is 24.6. The van der Waals surface area contributed by atoms with Crippen LogP contribution in [0, 0.1) is 6.92 Å². The SMILES string of the molecule is Cc1csc2nc(Nc3cnn(C4CCN(C(=O)OC(C)(C)C)CC4)c3)nc(NC3(C)CC3)c12. The van der Waals surface area contributed by atoms with E-state index in [0.29, 0.717) is 19.0 Å². The van der Waals surface area contributed by atoms with Gasteiger partial charge in [-0.15, -0.1) is 11.3 Å².